The highest BCUT2D eigenvalue weighted by Crippen LogP contribution is 2.42. The molecule has 2 aromatic heterocycles. The molecule has 2 aliphatic heterocycles. The molecule has 0 atom stereocenters. The number of thiophene rings is 1. The Balaban J connectivity index is 1.55. The number of hydrogen-bond acceptors (Lipinski definition) is 4. The first-order chi connectivity index (χ1) is 12.5. The monoisotopic (exact) mass is 372 g/mol. The highest BCUT2D eigenvalue weighted by molar-refractivity contribution is 7.14. The van der Waals surface area contributed by atoms with E-state index in [1.165, 1.54) is 21.8 Å². The van der Waals surface area contributed by atoms with Crippen LogP contribution in [0.15, 0.2) is 12.4 Å². The number of carbonyl (C=O) groups is 1. The number of aromatic nitrogens is 2. The number of nitrogens with zero attached hydrogens (tertiary/aromatic N) is 3. The fraction of sp³-hybridized carbons (Fsp3) is 0.600. The van der Waals surface area contributed by atoms with Crippen LogP contribution in [0.5, 0.6) is 0 Å². The van der Waals surface area contributed by atoms with Crippen molar-refractivity contribution in [2.24, 2.45) is 0 Å². The number of hydrogen-bond donors (Lipinski definition) is 1. The molecule has 0 saturated carbocycles. The number of nitrogens with one attached hydrogen (secondary N) is 1. The van der Waals surface area contributed by atoms with Crippen molar-refractivity contribution in [1.82, 2.24) is 19.8 Å². The molecule has 0 bridgehead atoms. The topological polar surface area (TPSA) is 52.2 Å². The summed E-state index contributed by atoms with van der Waals surface area (Å²) in [5, 5.41) is 0. The van der Waals surface area contributed by atoms with E-state index >= 15 is 0 Å². The Morgan fingerprint density at radius 2 is 2.08 bits per heavy atom. The van der Waals surface area contributed by atoms with Gasteiger partial charge in [-0.25, -0.2) is 4.98 Å². The van der Waals surface area contributed by atoms with Crippen LogP contribution in [0.3, 0.4) is 0 Å². The smallest absolute Gasteiger partial charge is 0.263 e. The lowest BCUT2D eigenvalue weighted by atomic mass is 9.78. The summed E-state index contributed by atoms with van der Waals surface area (Å²) in [6, 6.07) is 2.04. The SMILES string of the molecule is CCCN1CCc2[nH]cnc2C12CCN(C(=O)c1cc(C)c(C)s1)CC2. The van der Waals surface area contributed by atoms with Gasteiger partial charge in [0.2, 0.25) is 0 Å². The van der Waals surface area contributed by atoms with Gasteiger partial charge in [-0.1, -0.05) is 6.92 Å². The van der Waals surface area contributed by atoms with Crippen LogP contribution < -0.4 is 0 Å². The molecule has 1 saturated heterocycles. The fourth-order valence-corrected chi connectivity index (χ4v) is 5.59. The van der Waals surface area contributed by atoms with Crippen LogP contribution in [0.2, 0.25) is 0 Å². The fourth-order valence-electron chi connectivity index (χ4n) is 4.59. The summed E-state index contributed by atoms with van der Waals surface area (Å²) in [4.78, 5) is 27.8. The highest BCUT2D eigenvalue weighted by atomic mass is 32.1. The minimum absolute atomic E-state index is 0.00164. The number of aromatic amines is 1. The van der Waals surface area contributed by atoms with Crippen molar-refractivity contribution >= 4 is 17.2 Å². The van der Waals surface area contributed by atoms with Crippen LogP contribution in [0.1, 0.15) is 57.7 Å². The summed E-state index contributed by atoms with van der Waals surface area (Å²) >= 11 is 1.62. The maximum atomic E-state index is 12.9. The van der Waals surface area contributed by atoms with Crippen LogP contribution in [-0.2, 0) is 12.0 Å². The quantitative estimate of drug-likeness (QED) is 0.897. The molecule has 1 N–H and O–H groups in total. The van der Waals surface area contributed by atoms with E-state index in [4.69, 9.17) is 4.98 Å². The Labute approximate surface area is 159 Å². The Morgan fingerprint density at radius 3 is 2.73 bits per heavy atom. The van der Waals surface area contributed by atoms with Crippen molar-refractivity contribution in [3.8, 4) is 0 Å². The summed E-state index contributed by atoms with van der Waals surface area (Å²) < 4.78 is 0. The number of amides is 1. The van der Waals surface area contributed by atoms with Crippen molar-refractivity contribution in [1.29, 1.82) is 0 Å². The van der Waals surface area contributed by atoms with Gasteiger partial charge in [-0.3, -0.25) is 9.69 Å². The first-order valence-corrected chi connectivity index (χ1v) is 10.5. The molecule has 140 valence electrons. The maximum Gasteiger partial charge on any atom is 0.263 e. The van der Waals surface area contributed by atoms with Crippen molar-refractivity contribution in [3.63, 3.8) is 0 Å². The van der Waals surface area contributed by atoms with Gasteiger partial charge >= 0.3 is 0 Å². The van der Waals surface area contributed by atoms with Crippen LogP contribution in [0.25, 0.3) is 0 Å². The third kappa shape index (κ3) is 2.79. The molecule has 5 nitrogen and oxygen atoms in total. The summed E-state index contributed by atoms with van der Waals surface area (Å²) in [6.07, 6.45) is 5.99. The zero-order chi connectivity index (χ0) is 18.3. The summed E-state index contributed by atoms with van der Waals surface area (Å²) in [5.74, 6) is 0.196. The average Bonchev–Trinajstić information content (AvgIpc) is 3.25. The second-order valence-corrected chi connectivity index (χ2v) is 8.90. The zero-order valence-electron chi connectivity index (χ0n) is 16.0. The minimum Gasteiger partial charge on any atom is -0.348 e. The van der Waals surface area contributed by atoms with E-state index < -0.39 is 0 Å². The molecular formula is C20H28N4OS. The number of imidazole rings is 1. The number of aryl methyl sites for hydroxylation is 2. The van der Waals surface area contributed by atoms with Gasteiger partial charge in [-0.15, -0.1) is 11.3 Å². The minimum atomic E-state index is 0.00164. The van der Waals surface area contributed by atoms with E-state index in [2.05, 4.69) is 30.7 Å². The number of H-pyrrole nitrogens is 1. The molecule has 4 rings (SSSR count). The number of carbonyl (C=O) groups excluding carboxylic acids is 1. The molecule has 1 fully saturated rings. The van der Waals surface area contributed by atoms with Gasteiger partial charge < -0.3 is 9.88 Å². The van der Waals surface area contributed by atoms with E-state index in [0.29, 0.717) is 0 Å². The van der Waals surface area contributed by atoms with Crippen molar-refractivity contribution in [2.45, 2.75) is 52.0 Å². The third-order valence-corrected chi connectivity index (χ3v) is 7.28. The van der Waals surface area contributed by atoms with E-state index in [1.54, 1.807) is 11.3 Å². The number of piperidine rings is 1. The largest absolute Gasteiger partial charge is 0.348 e. The lowest BCUT2D eigenvalue weighted by molar-refractivity contribution is 0.00724. The van der Waals surface area contributed by atoms with Gasteiger partial charge in [0.1, 0.15) is 0 Å². The Morgan fingerprint density at radius 1 is 1.31 bits per heavy atom. The Hall–Kier alpha value is -1.66. The number of likely N-dealkylation sites (tertiary alicyclic amines) is 1. The van der Waals surface area contributed by atoms with Gasteiger partial charge in [-0.05, 0) is 51.3 Å². The van der Waals surface area contributed by atoms with E-state index in [0.717, 1.165) is 56.7 Å². The van der Waals surface area contributed by atoms with E-state index in [9.17, 15) is 4.79 Å². The van der Waals surface area contributed by atoms with Gasteiger partial charge in [0.25, 0.3) is 5.91 Å². The molecule has 2 aromatic rings. The van der Waals surface area contributed by atoms with Crippen LogP contribution >= 0.6 is 11.3 Å². The molecule has 6 heteroatoms. The molecule has 2 aliphatic rings. The van der Waals surface area contributed by atoms with E-state index in [-0.39, 0.29) is 11.4 Å². The van der Waals surface area contributed by atoms with Gasteiger partial charge in [0.05, 0.1) is 22.4 Å². The van der Waals surface area contributed by atoms with Crippen LogP contribution in [0.4, 0.5) is 0 Å². The van der Waals surface area contributed by atoms with Gasteiger partial charge in [0, 0.05) is 36.6 Å². The van der Waals surface area contributed by atoms with Crippen LogP contribution in [-0.4, -0.2) is 51.9 Å². The molecule has 4 heterocycles. The average molecular weight is 373 g/mol. The zero-order valence-corrected chi connectivity index (χ0v) is 16.8. The number of fused-ring (bicyclic) bond motifs is 2. The maximum absolute atomic E-state index is 12.9. The van der Waals surface area contributed by atoms with Crippen molar-refractivity contribution in [2.75, 3.05) is 26.2 Å². The molecule has 0 aliphatic carbocycles. The van der Waals surface area contributed by atoms with Gasteiger partial charge in [-0.2, -0.15) is 0 Å². The molecule has 0 aromatic carbocycles. The molecule has 0 radical (unpaired) electrons. The van der Waals surface area contributed by atoms with Crippen molar-refractivity contribution in [3.05, 3.63) is 39.1 Å². The van der Waals surface area contributed by atoms with Gasteiger partial charge in [0.15, 0.2) is 0 Å². The van der Waals surface area contributed by atoms with Crippen LogP contribution in [0, 0.1) is 13.8 Å². The Kier molecular flexibility index (Phi) is 4.65. The summed E-state index contributed by atoms with van der Waals surface area (Å²) in [7, 11) is 0. The molecule has 1 spiro atoms. The third-order valence-electron chi connectivity index (χ3n) is 6.14. The second-order valence-electron chi connectivity index (χ2n) is 7.64. The second kappa shape index (κ2) is 6.82. The molecular weight excluding hydrogens is 344 g/mol. The highest BCUT2D eigenvalue weighted by Gasteiger charge is 2.46. The number of rotatable bonds is 3. The lowest BCUT2D eigenvalue weighted by Gasteiger charge is -2.50. The Bertz CT molecular complexity index is 781. The predicted octanol–water partition coefficient (Wildman–Crippen LogP) is 3.49. The first-order valence-electron chi connectivity index (χ1n) is 9.69. The standard InChI is InChI=1S/C20H28N4OS/c1-4-8-24-9-5-16-18(22-13-21-16)20(24)6-10-23(11-7-20)19(25)17-12-14(2)15(3)26-17/h12-13H,4-11H2,1-3H3,(H,21,22). The molecule has 1 amide bonds. The van der Waals surface area contributed by atoms with Crippen molar-refractivity contribution < 1.29 is 4.79 Å². The first kappa shape index (κ1) is 17.7. The normalized spacial score (nSPS) is 19.7. The predicted molar refractivity (Wildman–Crippen MR) is 105 cm³/mol. The molecule has 0 unspecified atom stereocenters. The molecule has 26 heavy (non-hydrogen) atoms. The summed E-state index contributed by atoms with van der Waals surface area (Å²) in [6.45, 7) is 10.2. The van der Waals surface area contributed by atoms with E-state index in [1.807, 2.05) is 17.3 Å². The lowest BCUT2D eigenvalue weighted by Crippen LogP contribution is -2.57. The summed E-state index contributed by atoms with van der Waals surface area (Å²) in [5.41, 5.74) is 3.74.